The summed E-state index contributed by atoms with van der Waals surface area (Å²) in [6.45, 7) is 0.380. The van der Waals surface area contributed by atoms with E-state index in [9.17, 15) is 4.79 Å². The van der Waals surface area contributed by atoms with Crippen LogP contribution in [-0.2, 0) is 6.54 Å². The maximum atomic E-state index is 12.1. The lowest BCUT2D eigenvalue weighted by molar-refractivity contribution is 0.239. The van der Waals surface area contributed by atoms with Crippen LogP contribution in [0.5, 0.6) is 0 Å². The van der Waals surface area contributed by atoms with E-state index >= 15 is 0 Å². The molecule has 5 nitrogen and oxygen atoms in total. The number of benzene rings is 2. The third-order valence-corrected chi connectivity index (χ3v) is 3.37. The fourth-order valence-corrected chi connectivity index (χ4v) is 2.29. The van der Waals surface area contributed by atoms with Crippen LogP contribution >= 0.6 is 11.6 Å². The highest BCUT2D eigenvalue weighted by Gasteiger charge is 2.12. The molecule has 0 aliphatic heterocycles. The first-order valence-electron chi connectivity index (χ1n) is 6.30. The van der Waals surface area contributed by atoms with E-state index in [2.05, 4.69) is 16.5 Å². The van der Waals surface area contributed by atoms with Crippen molar-refractivity contribution in [3.8, 4) is 6.07 Å². The molecule has 2 N–H and O–H groups in total. The van der Waals surface area contributed by atoms with Crippen LogP contribution in [0.2, 0.25) is 5.02 Å². The molecule has 0 aliphatic carbocycles. The van der Waals surface area contributed by atoms with Crippen molar-refractivity contribution in [3.63, 3.8) is 0 Å². The highest BCUT2D eigenvalue weighted by Crippen LogP contribution is 2.16. The van der Waals surface area contributed by atoms with Crippen molar-refractivity contribution in [3.05, 3.63) is 58.6 Å². The summed E-state index contributed by atoms with van der Waals surface area (Å²) in [5, 5.41) is 15.2. The molecule has 2 aromatic carbocycles. The first kappa shape index (κ1) is 13.3. The minimum Gasteiger partial charge on any atom is -0.332 e. The van der Waals surface area contributed by atoms with E-state index in [4.69, 9.17) is 16.9 Å². The second-order valence-corrected chi connectivity index (χ2v) is 5.02. The van der Waals surface area contributed by atoms with Gasteiger partial charge in [0.1, 0.15) is 0 Å². The number of fused-ring (bicyclic) bond motifs is 1. The van der Waals surface area contributed by atoms with Crippen molar-refractivity contribution in [2.24, 2.45) is 0 Å². The summed E-state index contributed by atoms with van der Waals surface area (Å²) in [7, 11) is 0. The molecule has 0 bridgehead atoms. The summed E-state index contributed by atoms with van der Waals surface area (Å²) < 4.78 is 1.38. The van der Waals surface area contributed by atoms with Crippen LogP contribution in [0.25, 0.3) is 11.0 Å². The highest BCUT2D eigenvalue weighted by molar-refractivity contribution is 6.30. The smallest absolute Gasteiger partial charge is 0.332 e. The van der Waals surface area contributed by atoms with Crippen LogP contribution < -0.4 is 5.32 Å². The number of H-pyrrole nitrogens is 1. The lowest BCUT2D eigenvalue weighted by Gasteiger charge is -2.16. The lowest BCUT2D eigenvalue weighted by Crippen LogP contribution is -2.32. The Morgan fingerprint density at radius 3 is 2.95 bits per heavy atom. The van der Waals surface area contributed by atoms with Crippen LogP contribution in [0.4, 0.5) is 4.79 Å². The number of nitrogens with zero attached hydrogens (tertiary/aromatic N) is 2. The van der Waals surface area contributed by atoms with Crippen molar-refractivity contribution in [2.45, 2.75) is 6.54 Å². The van der Waals surface area contributed by atoms with Crippen LogP contribution in [0.3, 0.4) is 0 Å². The van der Waals surface area contributed by atoms with E-state index in [-0.39, 0.29) is 6.03 Å². The number of aromatic nitrogens is 2. The van der Waals surface area contributed by atoms with Gasteiger partial charge in [-0.15, -0.1) is 0 Å². The maximum absolute atomic E-state index is 12.1. The van der Waals surface area contributed by atoms with Gasteiger partial charge in [-0.1, -0.05) is 23.7 Å². The molecule has 0 saturated heterocycles. The summed E-state index contributed by atoms with van der Waals surface area (Å²) >= 11 is 5.90. The number of amides is 1. The molecule has 0 radical (unpaired) electrons. The third-order valence-electron chi connectivity index (χ3n) is 3.14. The molecule has 1 aromatic heterocycles. The van der Waals surface area contributed by atoms with Crippen LogP contribution in [0.1, 0.15) is 11.1 Å². The molecule has 0 fully saturated rings. The van der Waals surface area contributed by atoms with Crippen molar-refractivity contribution >= 4 is 28.7 Å². The van der Waals surface area contributed by atoms with E-state index in [1.54, 1.807) is 30.3 Å². The first-order chi connectivity index (χ1) is 10.2. The van der Waals surface area contributed by atoms with Gasteiger partial charge in [0.2, 0.25) is 0 Å². The number of rotatable bonds is 2. The van der Waals surface area contributed by atoms with Gasteiger partial charge in [0, 0.05) is 11.6 Å². The number of hydrogen-bond donors (Lipinski definition) is 2. The van der Waals surface area contributed by atoms with E-state index in [0.29, 0.717) is 22.6 Å². The Morgan fingerprint density at radius 1 is 1.33 bits per heavy atom. The number of nitrogens with one attached hydrogen (secondary N) is 2. The monoisotopic (exact) mass is 298 g/mol. The standard InChI is InChI=1S/C15H11ClN4O/c16-12-3-1-2-11(6-12)9-18-15(21)20-14-7-10(8-17)4-5-13(14)19-20/h1-7,19H,9H2,(H,18,21). The molecule has 1 amide bonds. The highest BCUT2D eigenvalue weighted by atomic mass is 35.5. The molecule has 1 heterocycles. The van der Waals surface area contributed by atoms with Gasteiger partial charge >= 0.3 is 6.03 Å². The summed E-state index contributed by atoms with van der Waals surface area (Å²) in [5.41, 5.74) is 2.95. The predicted molar refractivity (Wildman–Crippen MR) is 80.1 cm³/mol. The average molecular weight is 299 g/mol. The Bertz CT molecular complexity index is 856. The Kier molecular flexibility index (Phi) is 3.38. The largest absolute Gasteiger partial charge is 0.341 e. The van der Waals surface area contributed by atoms with Gasteiger partial charge in [-0.05, 0) is 35.9 Å². The quantitative estimate of drug-likeness (QED) is 0.762. The zero-order valence-electron chi connectivity index (χ0n) is 10.9. The molecule has 0 spiro atoms. The van der Waals surface area contributed by atoms with Gasteiger partial charge in [0.25, 0.3) is 0 Å². The number of halogens is 1. The fraction of sp³-hybridized carbons (Fsp3) is 0.0667. The molecule has 3 aromatic rings. The maximum Gasteiger partial charge on any atom is 0.341 e. The molecule has 104 valence electrons. The Hall–Kier alpha value is -2.71. The summed E-state index contributed by atoms with van der Waals surface area (Å²) in [6.07, 6.45) is 0. The molecule has 0 aliphatic rings. The van der Waals surface area contributed by atoms with Crippen molar-refractivity contribution in [2.75, 3.05) is 0 Å². The topological polar surface area (TPSA) is 73.6 Å². The Labute approximate surface area is 125 Å². The minimum absolute atomic E-state index is 0.280. The zero-order chi connectivity index (χ0) is 14.8. The fourth-order valence-electron chi connectivity index (χ4n) is 2.07. The van der Waals surface area contributed by atoms with Crippen LogP contribution in [0, 0.1) is 11.3 Å². The number of hydrogen-bond acceptors (Lipinski definition) is 2. The second-order valence-electron chi connectivity index (χ2n) is 4.58. The van der Waals surface area contributed by atoms with Gasteiger partial charge < -0.3 is 5.32 Å². The summed E-state index contributed by atoms with van der Waals surface area (Å²) in [5.74, 6) is 0. The van der Waals surface area contributed by atoms with E-state index < -0.39 is 0 Å². The van der Waals surface area contributed by atoms with Crippen LogP contribution in [0.15, 0.2) is 42.5 Å². The van der Waals surface area contributed by atoms with Crippen LogP contribution in [-0.4, -0.2) is 15.8 Å². The minimum atomic E-state index is -0.280. The van der Waals surface area contributed by atoms with E-state index in [1.807, 2.05) is 12.1 Å². The Morgan fingerprint density at radius 2 is 2.19 bits per heavy atom. The van der Waals surface area contributed by atoms with Gasteiger partial charge in [-0.25, -0.2) is 9.48 Å². The van der Waals surface area contributed by atoms with Crippen molar-refractivity contribution in [1.29, 1.82) is 5.26 Å². The number of nitriles is 1. The van der Waals surface area contributed by atoms with Gasteiger partial charge in [-0.3, -0.25) is 5.10 Å². The molecular formula is C15H11ClN4O. The molecule has 21 heavy (non-hydrogen) atoms. The van der Waals surface area contributed by atoms with Crippen molar-refractivity contribution in [1.82, 2.24) is 15.1 Å². The molecule has 0 saturated carbocycles. The second kappa shape index (κ2) is 5.35. The molecule has 0 unspecified atom stereocenters. The third kappa shape index (κ3) is 2.62. The van der Waals surface area contributed by atoms with E-state index in [1.165, 1.54) is 4.68 Å². The summed E-state index contributed by atoms with van der Waals surface area (Å²) in [4.78, 5) is 12.1. The first-order valence-corrected chi connectivity index (χ1v) is 6.68. The predicted octanol–water partition coefficient (Wildman–Crippen LogP) is 3.25. The molecule has 6 heteroatoms. The normalized spacial score (nSPS) is 10.5. The Balaban J connectivity index is 1.74. The van der Waals surface area contributed by atoms with Crippen molar-refractivity contribution < 1.29 is 4.79 Å². The van der Waals surface area contributed by atoms with Gasteiger partial charge in [-0.2, -0.15) is 5.26 Å². The SMILES string of the molecule is N#Cc1ccc2[nH]n(C(=O)NCc3cccc(Cl)c3)c2c1. The molecule has 0 atom stereocenters. The van der Waals surface area contributed by atoms with Gasteiger partial charge in [0.05, 0.1) is 22.7 Å². The molecule has 3 rings (SSSR count). The zero-order valence-corrected chi connectivity index (χ0v) is 11.7. The number of carbonyl (C=O) groups is 1. The number of aromatic amines is 1. The van der Waals surface area contributed by atoms with E-state index in [0.717, 1.165) is 11.1 Å². The summed E-state index contributed by atoms with van der Waals surface area (Å²) in [6, 6.07) is 14.2. The molecular weight excluding hydrogens is 288 g/mol. The van der Waals surface area contributed by atoms with Gasteiger partial charge in [0.15, 0.2) is 0 Å². The lowest BCUT2D eigenvalue weighted by atomic mass is 10.2. The average Bonchev–Trinajstić information content (AvgIpc) is 2.46. The number of carbonyl (C=O) groups excluding carboxylic acids is 1.